The van der Waals surface area contributed by atoms with Crippen molar-refractivity contribution in [2.45, 2.75) is 6.10 Å². The van der Waals surface area contributed by atoms with Crippen LogP contribution in [0.4, 0.5) is 0 Å². The van der Waals surface area contributed by atoms with Gasteiger partial charge in [-0.3, -0.25) is 5.01 Å². The summed E-state index contributed by atoms with van der Waals surface area (Å²) in [6, 6.07) is 0. The van der Waals surface area contributed by atoms with Gasteiger partial charge in [0.05, 0.1) is 0 Å². The summed E-state index contributed by atoms with van der Waals surface area (Å²) < 4.78 is 5.11. The zero-order chi connectivity index (χ0) is 8.55. The highest BCUT2D eigenvalue weighted by Crippen LogP contribution is 2.17. The fourth-order valence-corrected chi connectivity index (χ4v) is 1.10. The van der Waals surface area contributed by atoms with Gasteiger partial charge in [-0.1, -0.05) is 0 Å². The standard InChI is InChI=1S/C7H8N2O3/c10-7(11)5-2-4-9-6(12-5)1-3-8-9/h1-2,4-5,8H,3H2,(H,10,11). The predicted octanol–water partition coefficient (Wildman–Crippen LogP) is -0.355. The van der Waals surface area contributed by atoms with E-state index in [1.54, 1.807) is 17.3 Å². The van der Waals surface area contributed by atoms with Gasteiger partial charge < -0.3 is 9.84 Å². The van der Waals surface area contributed by atoms with E-state index < -0.39 is 12.1 Å². The van der Waals surface area contributed by atoms with Crippen LogP contribution in [0.25, 0.3) is 0 Å². The number of hydrazine groups is 1. The molecule has 0 amide bonds. The average Bonchev–Trinajstić information content (AvgIpc) is 2.49. The van der Waals surface area contributed by atoms with Gasteiger partial charge in [-0.05, 0) is 12.2 Å². The van der Waals surface area contributed by atoms with Crippen molar-refractivity contribution in [1.29, 1.82) is 0 Å². The monoisotopic (exact) mass is 168 g/mol. The van der Waals surface area contributed by atoms with E-state index in [0.29, 0.717) is 12.4 Å². The van der Waals surface area contributed by atoms with Crippen LogP contribution in [0.3, 0.4) is 0 Å². The molecule has 2 rings (SSSR count). The van der Waals surface area contributed by atoms with Crippen molar-refractivity contribution < 1.29 is 14.6 Å². The summed E-state index contributed by atoms with van der Waals surface area (Å²) in [4.78, 5) is 10.5. The second-order valence-corrected chi connectivity index (χ2v) is 2.49. The van der Waals surface area contributed by atoms with Crippen LogP contribution in [0, 0.1) is 0 Å². The number of hydrogen-bond acceptors (Lipinski definition) is 4. The van der Waals surface area contributed by atoms with Crippen LogP contribution in [0.1, 0.15) is 0 Å². The lowest BCUT2D eigenvalue weighted by atomic mass is 10.3. The number of carboxylic acids is 1. The van der Waals surface area contributed by atoms with Gasteiger partial charge in [0.2, 0.25) is 12.0 Å². The smallest absolute Gasteiger partial charge is 0.349 e. The first-order valence-electron chi connectivity index (χ1n) is 3.58. The lowest BCUT2D eigenvalue weighted by Gasteiger charge is -2.24. The third-order valence-corrected chi connectivity index (χ3v) is 1.68. The van der Waals surface area contributed by atoms with Gasteiger partial charge in [0.15, 0.2) is 0 Å². The molecular formula is C7H8N2O3. The number of nitrogens with zero attached hydrogens (tertiary/aromatic N) is 1. The molecule has 2 N–H and O–H groups in total. The van der Waals surface area contributed by atoms with E-state index in [-0.39, 0.29) is 0 Å². The fraction of sp³-hybridized carbons (Fsp3) is 0.286. The Morgan fingerprint density at radius 2 is 2.67 bits per heavy atom. The second-order valence-electron chi connectivity index (χ2n) is 2.49. The molecule has 2 aliphatic heterocycles. The molecule has 0 radical (unpaired) electrons. The molecule has 0 aromatic heterocycles. The van der Waals surface area contributed by atoms with E-state index in [9.17, 15) is 4.79 Å². The maximum absolute atomic E-state index is 10.5. The number of nitrogens with one attached hydrogen (secondary N) is 1. The Morgan fingerprint density at radius 1 is 1.83 bits per heavy atom. The number of rotatable bonds is 1. The van der Waals surface area contributed by atoms with Crippen LogP contribution < -0.4 is 5.43 Å². The van der Waals surface area contributed by atoms with Crippen LogP contribution in [-0.4, -0.2) is 28.7 Å². The number of carbonyl (C=O) groups is 1. The molecule has 1 unspecified atom stereocenters. The molecule has 64 valence electrons. The molecule has 0 saturated heterocycles. The molecule has 5 heteroatoms. The van der Waals surface area contributed by atoms with E-state index in [0.717, 1.165) is 0 Å². The van der Waals surface area contributed by atoms with Crippen molar-refractivity contribution in [3.63, 3.8) is 0 Å². The van der Waals surface area contributed by atoms with E-state index in [1.165, 1.54) is 6.08 Å². The predicted molar refractivity (Wildman–Crippen MR) is 39.6 cm³/mol. The first-order chi connectivity index (χ1) is 5.77. The second kappa shape index (κ2) is 2.53. The summed E-state index contributed by atoms with van der Waals surface area (Å²) in [6.07, 6.45) is 4.07. The number of hydrogen-bond donors (Lipinski definition) is 2. The zero-order valence-electron chi connectivity index (χ0n) is 6.23. The molecule has 0 aromatic rings. The van der Waals surface area contributed by atoms with Crippen molar-refractivity contribution >= 4 is 5.97 Å². The quantitative estimate of drug-likeness (QED) is 0.560. The SMILES string of the molecule is O=C(O)C1C=CN2NCC=C2O1. The first kappa shape index (κ1) is 7.17. The molecule has 5 nitrogen and oxygen atoms in total. The van der Waals surface area contributed by atoms with Crippen molar-refractivity contribution in [2.75, 3.05) is 6.54 Å². The minimum absolute atomic E-state index is 0.560. The Balaban J connectivity index is 2.17. The summed E-state index contributed by atoms with van der Waals surface area (Å²) >= 11 is 0. The summed E-state index contributed by atoms with van der Waals surface area (Å²) in [5, 5.41) is 10.3. The van der Waals surface area contributed by atoms with E-state index >= 15 is 0 Å². The molecule has 0 spiro atoms. The first-order valence-corrected chi connectivity index (χ1v) is 3.58. The van der Waals surface area contributed by atoms with E-state index in [2.05, 4.69) is 5.43 Å². The normalized spacial score (nSPS) is 26.2. The number of carboxylic acid groups (broad SMARTS) is 1. The Bertz CT molecular complexity index is 272. The van der Waals surface area contributed by atoms with Gasteiger partial charge in [-0.25, -0.2) is 10.2 Å². The maximum Gasteiger partial charge on any atom is 0.349 e. The highest BCUT2D eigenvalue weighted by molar-refractivity contribution is 5.75. The lowest BCUT2D eigenvalue weighted by molar-refractivity contribution is -0.146. The molecule has 1 atom stereocenters. The van der Waals surface area contributed by atoms with Gasteiger partial charge in [0.25, 0.3) is 0 Å². The molecule has 2 aliphatic rings. The lowest BCUT2D eigenvalue weighted by Crippen LogP contribution is -2.35. The molecule has 0 fully saturated rings. The van der Waals surface area contributed by atoms with E-state index in [4.69, 9.17) is 9.84 Å². The fourth-order valence-electron chi connectivity index (χ4n) is 1.10. The van der Waals surface area contributed by atoms with Crippen LogP contribution in [0.2, 0.25) is 0 Å². The molecule has 12 heavy (non-hydrogen) atoms. The Morgan fingerprint density at radius 3 is 3.42 bits per heavy atom. The number of aliphatic carboxylic acids is 1. The highest BCUT2D eigenvalue weighted by atomic mass is 16.5. The van der Waals surface area contributed by atoms with Crippen LogP contribution >= 0.6 is 0 Å². The average molecular weight is 168 g/mol. The maximum atomic E-state index is 10.5. The molecule has 0 aliphatic carbocycles. The largest absolute Gasteiger partial charge is 0.478 e. The third kappa shape index (κ3) is 1.04. The Labute approximate surface area is 68.9 Å². The highest BCUT2D eigenvalue weighted by Gasteiger charge is 2.26. The van der Waals surface area contributed by atoms with Crippen molar-refractivity contribution in [3.05, 3.63) is 24.2 Å². The minimum Gasteiger partial charge on any atom is -0.478 e. The summed E-state index contributed by atoms with van der Waals surface area (Å²) in [5.41, 5.74) is 2.95. The van der Waals surface area contributed by atoms with Crippen molar-refractivity contribution in [3.8, 4) is 0 Å². The summed E-state index contributed by atoms with van der Waals surface area (Å²) in [7, 11) is 0. The van der Waals surface area contributed by atoms with E-state index in [1.807, 2.05) is 0 Å². The Kier molecular flexibility index (Phi) is 1.51. The molecular weight excluding hydrogens is 160 g/mol. The minimum atomic E-state index is -0.973. The number of ether oxygens (including phenoxy) is 1. The van der Waals surface area contributed by atoms with Crippen LogP contribution in [-0.2, 0) is 9.53 Å². The molecule has 2 heterocycles. The van der Waals surface area contributed by atoms with Crippen molar-refractivity contribution in [2.24, 2.45) is 0 Å². The summed E-state index contributed by atoms with van der Waals surface area (Å²) in [6.45, 7) is 0.673. The third-order valence-electron chi connectivity index (χ3n) is 1.68. The molecule has 0 bridgehead atoms. The Hall–Kier alpha value is -1.49. The van der Waals surface area contributed by atoms with Crippen LogP contribution in [0.5, 0.6) is 0 Å². The topological polar surface area (TPSA) is 61.8 Å². The van der Waals surface area contributed by atoms with Gasteiger partial charge >= 0.3 is 5.97 Å². The van der Waals surface area contributed by atoms with Gasteiger partial charge in [0, 0.05) is 12.7 Å². The van der Waals surface area contributed by atoms with Gasteiger partial charge in [0.1, 0.15) is 0 Å². The van der Waals surface area contributed by atoms with Crippen LogP contribution in [0.15, 0.2) is 24.2 Å². The van der Waals surface area contributed by atoms with Crippen molar-refractivity contribution in [1.82, 2.24) is 10.4 Å². The molecule has 0 aromatic carbocycles. The molecule has 0 saturated carbocycles. The van der Waals surface area contributed by atoms with Gasteiger partial charge in [-0.2, -0.15) is 0 Å². The number of fused-ring (bicyclic) bond motifs is 1. The van der Waals surface area contributed by atoms with Gasteiger partial charge in [-0.15, -0.1) is 0 Å². The zero-order valence-corrected chi connectivity index (χ0v) is 6.23. The summed E-state index contributed by atoms with van der Waals surface area (Å²) in [5.74, 6) is -0.413.